The molecule has 0 aliphatic heterocycles. The molecule has 2 rings (SSSR count). The summed E-state index contributed by atoms with van der Waals surface area (Å²) in [6, 6.07) is 0. The summed E-state index contributed by atoms with van der Waals surface area (Å²) in [7, 11) is 9.87. The standard InChI is InChI=1S/2C8H9.2ClH.Zr/c2*1-2-5-8-6-3-4-7-8;;;/h2*2-4,6-7H,1,5H2;2*1H;/q;;;;+4/p-2. The molecule has 98 valence electrons. The van der Waals surface area contributed by atoms with Gasteiger partial charge in [-0.05, 0) is 76.0 Å². The zero-order valence-corrected chi connectivity index (χ0v) is 14.8. The Morgan fingerprint density at radius 3 is 1.26 bits per heavy atom. The third kappa shape index (κ3) is 12.4. The zero-order valence-electron chi connectivity index (χ0n) is 10.9. The average molecular weight is 372 g/mol. The van der Waals surface area contributed by atoms with E-state index in [1.807, 2.05) is 37.8 Å². The first-order valence-electron chi connectivity index (χ1n) is 5.87. The van der Waals surface area contributed by atoms with Crippen LogP contribution in [0.4, 0.5) is 0 Å². The monoisotopic (exact) mass is 370 g/mol. The maximum absolute atomic E-state index is 4.93. The van der Waals surface area contributed by atoms with Crippen LogP contribution in [0.5, 0.6) is 0 Å². The van der Waals surface area contributed by atoms with E-state index in [4.69, 9.17) is 17.0 Å². The van der Waals surface area contributed by atoms with E-state index in [9.17, 15) is 0 Å². The Bertz CT molecular complexity index is 185. The van der Waals surface area contributed by atoms with Gasteiger partial charge in [-0.2, -0.15) is 0 Å². The van der Waals surface area contributed by atoms with Crippen molar-refractivity contribution < 1.29 is 20.8 Å². The molecule has 0 bridgehead atoms. The van der Waals surface area contributed by atoms with Crippen molar-refractivity contribution in [3.63, 3.8) is 0 Å². The molecule has 19 heavy (non-hydrogen) atoms. The number of hydrogen-bond donors (Lipinski definition) is 0. The molecule has 10 radical (unpaired) electrons. The van der Waals surface area contributed by atoms with Crippen LogP contribution in [-0.2, 0) is 20.8 Å². The first-order chi connectivity index (χ1) is 9.28. The van der Waals surface area contributed by atoms with Crippen molar-refractivity contribution in [2.24, 2.45) is 0 Å². The fraction of sp³-hybridized carbons (Fsp3) is 0.125. The molecular weight excluding hydrogens is 354 g/mol. The molecule has 0 atom stereocenters. The first kappa shape index (κ1) is 19.9. The van der Waals surface area contributed by atoms with Gasteiger partial charge in [-0.3, -0.25) is 0 Å². The quantitative estimate of drug-likeness (QED) is 0.587. The molecule has 0 unspecified atom stereocenters. The van der Waals surface area contributed by atoms with Crippen molar-refractivity contribution in [1.82, 2.24) is 0 Å². The van der Waals surface area contributed by atoms with Crippen molar-refractivity contribution in [3.05, 3.63) is 88.5 Å². The van der Waals surface area contributed by atoms with Gasteiger partial charge in [0.1, 0.15) is 0 Å². The van der Waals surface area contributed by atoms with Crippen LogP contribution in [0.3, 0.4) is 0 Å². The molecule has 0 nitrogen and oxygen atoms in total. The Morgan fingerprint density at radius 1 is 0.789 bits per heavy atom. The molecule has 0 aromatic carbocycles. The van der Waals surface area contributed by atoms with E-state index in [-0.39, 0.29) is 0 Å². The van der Waals surface area contributed by atoms with Crippen molar-refractivity contribution in [3.8, 4) is 0 Å². The van der Waals surface area contributed by atoms with Crippen molar-refractivity contribution in [1.29, 1.82) is 0 Å². The van der Waals surface area contributed by atoms with E-state index >= 15 is 0 Å². The fourth-order valence-electron chi connectivity index (χ4n) is 1.43. The predicted octanol–water partition coefficient (Wildman–Crippen LogP) is 5.31. The van der Waals surface area contributed by atoms with Gasteiger partial charge in [0, 0.05) is 0 Å². The molecule has 0 saturated heterocycles. The van der Waals surface area contributed by atoms with Crippen molar-refractivity contribution in [2.75, 3.05) is 0 Å². The predicted molar refractivity (Wildman–Crippen MR) is 82.2 cm³/mol. The Hall–Kier alpha value is 0.943. The van der Waals surface area contributed by atoms with Crippen LogP contribution in [0.15, 0.2) is 25.3 Å². The van der Waals surface area contributed by atoms with Crippen LogP contribution in [-0.4, -0.2) is 0 Å². The summed E-state index contributed by atoms with van der Waals surface area (Å²) in [6.07, 6.45) is 22.4. The summed E-state index contributed by atoms with van der Waals surface area (Å²) >= 11 is -0.826. The van der Waals surface area contributed by atoms with E-state index in [0.717, 1.165) is 12.8 Å². The summed E-state index contributed by atoms with van der Waals surface area (Å²) in [5, 5.41) is 0. The Morgan fingerprint density at radius 2 is 1.05 bits per heavy atom. The van der Waals surface area contributed by atoms with Crippen LogP contribution in [0.1, 0.15) is 12.8 Å². The maximum atomic E-state index is 4.93. The second-order valence-electron chi connectivity index (χ2n) is 3.64. The van der Waals surface area contributed by atoms with E-state index in [2.05, 4.69) is 38.8 Å². The van der Waals surface area contributed by atoms with E-state index in [1.54, 1.807) is 0 Å². The van der Waals surface area contributed by atoms with Crippen LogP contribution in [0, 0.1) is 63.2 Å². The van der Waals surface area contributed by atoms with Crippen LogP contribution < -0.4 is 0 Å². The molecule has 2 fully saturated rings. The van der Waals surface area contributed by atoms with E-state index in [1.165, 1.54) is 11.8 Å². The summed E-state index contributed by atoms with van der Waals surface area (Å²) < 4.78 is 0. The molecule has 0 heterocycles. The number of allylic oxidation sites excluding steroid dienone is 2. The van der Waals surface area contributed by atoms with Crippen molar-refractivity contribution >= 4 is 17.0 Å². The third-order valence-electron chi connectivity index (χ3n) is 2.22. The molecular formula is C16H18Cl2Zr+2. The van der Waals surface area contributed by atoms with Gasteiger partial charge >= 0.3 is 37.9 Å². The van der Waals surface area contributed by atoms with Crippen LogP contribution >= 0.6 is 17.0 Å². The van der Waals surface area contributed by atoms with Gasteiger partial charge in [-0.15, -0.1) is 13.2 Å². The molecule has 0 amide bonds. The van der Waals surface area contributed by atoms with Crippen LogP contribution in [0.25, 0.3) is 0 Å². The van der Waals surface area contributed by atoms with Gasteiger partial charge in [-0.1, -0.05) is 12.2 Å². The van der Waals surface area contributed by atoms with Gasteiger partial charge in [0.05, 0.1) is 0 Å². The second-order valence-corrected chi connectivity index (χ2v) is 7.38. The molecule has 0 aromatic rings. The normalized spacial score (nSPS) is 18.6. The molecule has 2 saturated carbocycles. The summed E-state index contributed by atoms with van der Waals surface area (Å²) in [4.78, 5) is 0. The molecule has 0 aromatic heterocycles. The third-order valence-corrected chi connectivity index (χ3v) is 2.22. The minimum atomic E-state index is -0.826. The number of rotatable bonds is 4. The van der Waals surface area contributed by atoms with Gasteiger partial charge in [0.15, 0.2) is 0 Å². The fourth-order valence-corrected chi connectivity index (χ4v) is 1.43. The molecule has 3 heteroatoms. The van der Waals surface area contributed by atoms with Gasteiger partial charge in [0.2, 0.25) is 0 Å². The topological polar surface area (TPSA) is 0 Å². The van der Waals surface area contributed by atoms with Gasteiger partial charge in [0.25, 0.3) is 0 Å². The Labute approximate surface area is 138 Å². The molecule has 2 aliphatic rings. The Kier molecular flexibility index (Phi) is 16.1. The van der Waals surface area contributed by atoms with Gasteiger partial charge in [-0.25, -0.2) is 0 Å². The number of halogens is 2. The SMILES string of the molecule is C=CC[C]1[CH][CH][CH][CH]1.C=CC[C]1[CH][CH][CH][CH]1.[Cl][Zr+2][Cl]. The van der Waals surface area contributed by atoms with Crippen molar-refractivity contribution in [2.45, 2.75) is 12.8 Å². The van der Waals surface area contributed by atoms with Crippen LogP contribution in [0.2, 0.25) is 0 Å². The zero-order chi connectivity index (χ0) is 14.3. The molecule has 0 spiro atoms. The summed E-state index contributed by atoms with van der Waals surface area (Å²) in [5.74, 6) is 2.69. The molecule has 2 aliphatic carbocycles. The van der Waals surface area contributed by atoms with Gasteiger partial charge < -0.3 is 0 Å². The molecule has 0 N–H and O–H groups in total. The Balaban J connectivity index is 0.000000284. The first-order valence-corrected chi connectivity index (χ1v) is 12.2. The number of hydrogen-bond acceptors (Lipinski definition) is 0. The van der Waals surface area contributed by atoms with E-state index in [0.29, 0.717) is 0 Å². The second kappa shape index (κ2) is 15.3. The minimum absolute atomic E-state index is 0.826. The van der Waals surface area contributed by atoms with E-state index < -0.39 is 20.8 Å². The summed E-state index contributed by atoms with van der Waals surface area (Å²) in [6.45, 7) is 7.27. The summed E-state index contributed by atoms with van der Waals surface area (Å²) in [5.41, 5.74) is 0. The average Bonchev–Trinajstić information content (AvgIpc) is 3.05.